The van der Waals surface area contributed by atoms with Gasteiger partial charge in [0.1, 0.15) is 0 Å². The first-order valence-electron chi connectivity index (χ1n) is 10.8. The summed E-state index contributed by atoms with van der Waals surface area (Å²) in [6.07, 6.45) is 4.79. The summed E-state index contributed by atoms with van der Waals surface area (Å²) in [5.74, 6) is 1.35. The van der Waals surface area contributed by atoms with Crippen molar-refractivity contribution in [2.24, 2.45) is 0 Å². The number of ether oxygens (including phenoxy) is 2. The predicted octanol–water partition coefficient (Wildman–Crippen LogP) is 4.20. The molecule has 9 nitrogen and oxygen atoms in total. The van der Waals surface area contributed by atoms with Crippen molar-refractivity contribution in [2.45, 2.75) is 18.2 Å². The number of methoxy groups -OCH3 is 2. The number of halogens is 1. The highest BCUT2D eigenvalue weighted by molar-refractivity contribution is 7.99. The maximum Gasteiger partial charge on any atom is 0.244 e. The van der Waals surface area contributed by atoms with Crippen molar-refractivity contribution in [1.82, 2.24) is 20.1 Å². The van der Waals surface area contributed by atoms with E-state index in [0.717, 1.165) is 5.56 Å². The summed E-state index contributed by atoms with van der Waals surface area (Å²) in [6.45, 7) is 4.35. The molecule has 36 heavy (non-hydrogen) atoms. The maximum atomic E-state index is 12.4. The topological polar surface area (TPSA) is 107 Å². The molecule has 3 rings (SSSR count). The highest BCUT2D eigenvalue weighted by atomic mass is 35.5. The van der Waals surface area contributed by atoms with Crippen LogP contribution in [-0.2, 0) is 22.7 Å². The molecule has 188 valence electrons. The van der Waals surface area contributed by atoms with Gasteiger partial charge in [0.25, 0.3) is 0 Å². The van der Waals surface area contributed by atoms with Gasteiger partial charge in [0, 0.05) is 23.3 Å². The third kappa shape index (κ3) is 7.62. The molecule has 0 saturated heterocycles. The van der Waals surface area contributed by atoms with Gasteiger partial charge >= 0.3 is 0 Å². The molecule has 11 heteroatoms. The Balaban J connectivity index is 1.57. The van der Waals surface area contributed by atoms with E-state index >= 15 is 0 Å². The van der Waals surface area contributed by atoms with Gasteiger partial charge in [0.15, 0.2) is 22.5 Å². The lowest BCUT2D eigenvalue weighted by Gasteiger charge is -2.09. The van der Waals surface area contributed by atoms with Gasteiger partial charge in [-0.1, -0.05) is 41.6 Å². The van der Waals surface area contributed by atoms with E-state index in [4.69, 9.17) is 21.1 Å². The normalized spacial score (nSPS) is 10.8. The second-order valence-electron chi connectivity index (χ2n) is 7.31. The van der Waals surface area contributed by atoms with E-state index in [9.17, 15) is 9.59 Å². The van der Waals surface area contributed by atoms with Gasteiger partial charge in [-0.05, 0) is 42.0 Å². The zero-order valence-electron chi connectivity index (χ0n) is 19.9. The van der Waals surface area contributed by atoms with Crippen LogP contribution >= 0.6 is 23.4 Å². The molecule has 0 aliphatic carbocycles. The van der Waals surface area contributed by atoms with E-state index < -0.39 is 0 Å². The largest absolute Gasteiger partial charge is 0.493 e. The SMILES string of the molecule is C=CCn1c(CNC(=O)C=Cc2ccc(OC)c(OC)c2)nnc1SCC(=O)Nc1cccc(Cl)c1. The van der Waals surface area contributed by atoms with Crippen LogP contribution in [0.15, 0.2) is 66.4 Å². The van der Waals surface area contributed by atoms with Crippen LogP contribution in [0.3, 0.4) is 0 Å². The Hall–Kier alpha value is -3.76. The molecule has 3 aromatic rings. The van der Waals surface area contributed by atoms with Gasteiger partial charge in [0.2, 0.25) is 11.8 Å². The molecule has 2 amide bonds. The molecular formula is C25H26ClN5O4S. The van der Waals surface area contributed by atoms with Crippen LogP contribution in [0.2, 0.25) is 5.02 Å². The smallest absolute Gasteiger partial charge is 0.244 e. The number of aromatic nitrogens is 3. The number of nitrogens with zero attached hydrogens (tertiary/aromatic N) is 3. The first-order chi connectivity index (χ1) is 17.4. The Kier molecular flexibility index (Phi) is 9.96. The number of amides is 2. The van der Waals surface area contributed by atoms with Crippen LogP contribution < -0.4 is 20.1 Å². The average Bonchev–Trinajstić information content (AvgIpc) is 3.26. The van der Waals surface area contributed by atoms with Crippen molar-refractivity contribution in [3.8, 4) is 11.5 Å². The molecular weight excluding hydrogens is 502 g/mol. The van der Waals surface area contributed by atoms with Crippen LogP contribution in [-0.4, -0.2) is 46.6 Å². The van der Waals surface area contributed by atoms with E-state index in [-0.39, 0.29) is 24.1 Å². The van der Waals surface area contributed by atoms with Gasteiger partial charge in [-0.15, -0.1) is 16.8 Å². The fourth-order valence-corrected chi connectivity index (χ4v) is 4.07. The predicted molar refractivity (Wildman–Crippen MR) is 141 cm³/mol. The summed E-state index contributed by atoms with van der Waals surface area (Å²) in [4.78, 5) is 24.7. The molecule has 1 aromatic heterocycles. The minimum absolute atomic E-state index is 0.127. The fourth-order valence-electron chi connectivity index (χ4n) is 3.12. The minimum Gasteiger partial charge on any atom is -0.493 e. The molecule has 1 heterocycles. The van der Waals surface area contributed by atoms with E-state index in [1.807, 2.05) is 6.07 Å². The third-order valence-electron chi connectivity index (χ3n) is 4.80. The molecule has 0 spiro atoms. The van der Waals surface area contributed by atoms with Crippen LogP contribution in [0, 0.1) is 0 Å². The third-order valence-corrected chi connectivity index (χ3v) is 6.00. The van der Waals surface area contributed by atoms with Crippen molar-refractivity contribution in [3.05, 3.63) is 77.6 Å². The summed E-state index contributed by atoms with van der Waals surface area (Å²) < 4.78 is 12.3. The summed E-state index contributed by atoms with van der Waals surface area (Å²) in [6, 6.07) is 12.3. The van der Waals surface area contributed by atoms with Crippen LogP contribution in [0.25, 0.3) is 6.08 Å². The number of hydrogen-bond donors (Lipinski definition) is 2. The van der Waals surface area contributed by atoms with Gasteiger partial charge < -0.3 is 24.7 Å². The Bertz CT molecular complexity index is 1260. The first kappa shape index (κ1) is 26.8. The highest BCUT2D eigenvalue weighted by Crippen LogP contribution is 2.28. The number of hydrogen-bond acceptors (Lipinski definition) is 7. The van der Waals surface area contributed by atoms with Crippen molar-refractivity contribution in [1.29, 1.82) is 0 Å². The lowest BCUT2D eigenvalue weighted by atomic mass is 10.2. The van der Waals surface area contributed by atoms with Crippen molar-refractivity contribution >= 4 is 46.9 Å². The number of benzene rings is 2. The monoisotopic (exact) mass is 527 g/mol. The van der Waals surface area contributed by atoms with Crippen molar-refractivity contribution < 1.29 is 19.1 Å². The quantitative estimate of drug-likeness (QED) is 0.206. The Labute approximate surface area is 218 Å². The first-order valence-corrected chi connectivity index (χ1v) is 12.2. The van der Waals surface area contributed by atoms with Gasteiger partial charge in [-0.25, -0.2) is 0 Å². The molecule has 0 aliphatic rings. The van der Waals surface area contributed by atoms with E-state index in [0.29, 0.717) is 39.7 Å². The summed E-state index contributed by atoms with van der Waals surface area (Å²) >= 11 is 7.19. The molecule has 0 radical (unpaired) electrons. The van der Waals surface area contributed by atoms with Gasteiger partial charge in [0.05, 0.1) is 26.5 Å². The maximum absolute atomic E-state index is 12.4. The second kappa shape index (κ2) is 13.4. The highest BCUT2D eigenvalue weighted by Gasteiger charge is 2.14. The molecule has 0 aliphatic heterocycles. The average molecular weight is 528 g/mol. The van der Waals surface area contributed by atoms with Crippen molar-refractivity contribution in [3.63, 3.8) is 0 Å². The molecule has 0 atom stereocenters. The van der Waals surface area contributed by atoms with E-state index in [1.54, 1.807) is 67.3 Å². The zero-order valence-corrected chi connectivity index (χ0v) is 21.4. The Morgan fingerprint density at radius 2 is 1.94 bits per heavy atom. The number of carbonyl (C=O) groups excluding carboxylic acids is 2. The number of rotatable bonds is 12. The lowest BCUT2D eigenvalue weighted by Crippen LogP contribution is -2.23. The molecule has 0 fully saturated rings. The number of nitrogens with one attached hydrogen (secondary N) is 2. The number of allylic oxidation sites excluding steroid dienone is 1. The van der Waals surface area contributed by atoms with Gasteiger partial charge in [-0.2, -0.15) is 0 Å². The number of carbonyl (C=O) groups is 2. The number of anilines is 1. The Morgan fingerprint density at radius 1 is 1.14 bits per heavy atom. The van der Waals surface area contributed by atoms with E-state index in [2.05, 4.69) is 27.4 Å². The van der Waals surface area contributed by atoms with Crippen LogP contribution in [0.5, 0.6) is 11.5 Å². The standard InChI is InChI=1S/C25H26ClN5O4S/c1-4-12-31-22(15-27-23(32)11-9-17-8-10-20(34-2)21(13-17)35-3)29-30-25(31)36-16-24(33)28-19-7-5-6-18(26)14-19/h4-11,13-14H,1,12,15-16H2,2-3H3,(H,27,32)(H,28,33). The summed E-state index contributed by atoms with van der Waals surface area (Å²) in [7, 11) is 3.11. The Morgan fingerprint density at radius 3 is 2.67 bits per heavy atom. The summed E-state index contributed by atoms with van der Waals surface area (Å²) in [5, 5.41) is 15.0. The van der Waals surface area contributed by atoms with E-state index in [1.165, 1.54) is 17.8 Å². The number of thioether (sulfide) groups is 1. The lowest BCUT2D eigenvalue weighted by molar-refractivity contribution is -0.116. The van der Waals surface area contributed by atoms with Crippen LogP contribution in [0.4, 0.5) is 5.69 Å². The van der Waals surface area contributed by atoms with Gasteiger partial charge in [-0.3, -0.25) is 9.59 Å². The minimum atomic E-state index is -0.298. The molecule has 0 saturated carbocycles. The molecule has 0 bridgehead atoms. The van der Waals surface area contributed by atoms with Crippen molar-refractivity contribution in [2.75, 3.05) is 25.3 Å². The zero-order chi connectivity index (χ0) is 25.9. The molecule has 2 N–H and O–H groups in total. The molecule has 0 unspecified atom stereocenters. The van der Waals surface area contributed by atoms with Crippen LogP contribution in [0.1, 0.15) is 11.4 Å². The molecule has 2 aromatic carbocycles. The summed E-state index contributed by atoms with van der Waals surface area (Å²) in [5.41, 5.74) is 1.40. The second-order valence-corrected chi connectivity index (χ2v) is 8.69. The fraction of sp³-hybridized carbons (Fsp3) is 0.200.